The molecule has 11 heteroatoms. The van der Waals surface area contributed by atoms with Crippen molar-refractivity contribution in [3.8, 4) is 11.5 Å². The highest BCUT2D eigenvalue weighted by Gasteiger charge is 2.31. The number of carbonyl (C=O) groups excluding carboxylic acids is 1. The summed E-state index contributed by atoms with van der Waals surface area (Å²) in [6.45, 7) is -2.58. The zero-order valence-electron chi connectivity index (χ0n) is 16.7. The van der Waals surface area contributed by atoms with Crippen molar-refractivity contribution >= 4 is 12.0 Å². The van der Waals surface area contributed by atoms with E-state index in [1.165, 1.54) is 12.1 Å². The number of hydrogen-bond acceptors (Lipinski definition) is 6. The maximum absolute atomic E-state index is 12.7. The lowest BCUT2D eigenvalue weighted by Gasteiger charge is -2.17. The highest BCUT2D eigenvalue weighted by Crippen LogP contribution is 2.38. The van der Waals surface area contributed by atoms with E-state index in [0.29, 0.717) is 11.7 Å². The number of nitrogens with one attached hydrogen (secondary N) is 1. The molecule has 0 bridgehead atoms. The average Bonchev–Trinajstić information content (AvgIpc) is 3.42. The first-order valence-electron chi connectivity index (χ1n) is 9.58. The van der Waals surface area contributed by atoms with E-state index >= 15 is 0 Å². The molecule has 1 atom stereocenters. The smallest absolute Gasteiger partial charge is 0.387 e. The fourth-order valence-electron chi connectivity index (χ4n) is 2.79. The molecular weight excluding hydrogens is 422 g/mol. The van der Waals surface area contributed by atoms with Crippen molar-refractivity contribution in [2.24, 2.45) is 5.92 Å². The van der Waals surface area contributed by atoms with E-state index in [1.807, 2.05) is 13.8 Å². The van der Waals surface area contributed by atoms with Crippen LogP contribution in [0.4, 0.5) is 17.6 Å². The maximum atomic E-state index is 12.7. The van der Waals surface area contributed by atoms with Gasteiger partial charge in [-0.3, -0.25) is 4.79 Å². The zero-order chi connectivity index (χ0) is 22.5. The Morgan fingerprint density at radius 1 is 1.19 bits per heavy atom. The van der Waals surface area contributed by atoms with Crippen LogP contribution in [-0.2, 0) is 4.79 Å². The van der Waals surface area contributed by atoms with Gasteiger partial charge < -0.3 is 19.3 Å². The molecule has 0 aliphatic heterocycles. The summed E-state index contributed by atoms with van der Waals surface area (Å²) in [5.74, 6) is -0.168. The van der Waals surface area contributed by atoms with E-state index in [4.69, 9.17) is 4.52 Å². The molecule has 1 aliphatic rings. The standard InChI is InChI=1S/C20H21F4N3O4/c1-10(2)16(18-26-17(27-31-18)12-3-4-12)25-15(28)8-6-11-5-7-13(29-19(21)22)9-14(11)30-20(23)24/h5-10,12,16,19-20H,3-4H2,1-2H3,(H,25,28)/b8-6+. The van der Waals surface area contributed by atoms with Crippen molar-refractivity contribution in [2.45, 2.75) is 51.9 Å². The van der Waals surface area contributed by atoms with E-state index < -0.39 is 30.9 Å². The van der Waals surface area contributed by atoms with Crippen molar-refractivity contribution in [3.05, 3.63) is 41.6 Å². The Morgan fingerprint density at radius 3 is 2.52 bits per heavy atom. The number of benzene rings is 1. The second kappa shape index (κ2) is 9.80. The molecule has 1 aromatic heterocycles. The van der Waals surface area contributed by atoms with Crippen LogP contribution in [0.3, 0.4) is 0 Å². The molecule has 0 spiro atoms. The topological polar surface area (TPSA) is 86.5 Å². The number of amides is 1. The van der Waals surface area contributed by atoms with Gasteiger partial charge in [-0.1, -0.05) is 19.0 Å². The summed E-state index contributed by atoms with van der Waals surface area (Å²) in [6.07, 6.45) is 4.34. The second-order valence-electron chi connectivity index (χ2n) is 7.29. The minimum absolute atomic E-state index is 0.0617. The van der Waals surface area contributed by atoms with Gasteiger partial charge in [0.1, 0.15) is 17.5 Å². The number of alkyl halides is 4. The first-order chi connectivity index (χ1) is 14.7. The Labute approximate surface area is 175 Å². The average molecular weight is 443 g/mol. The van der Waals surface area contributed by atoms with Gasteiger partial charge in [-0.2, -0.15) is 22.5 Å². The summed E-state index contributed by atoms with van der Waals surface area (Å²) in [5.41, 5.74) is 0.0759. The molecule has 1 saturated carbocycles. The molecule has 1 fully saturated rings. The Bertz CT molecular complexity index is 929. The number of nitrogens with zero attached hydrogens (tertiary/aromatic N) is 2. The summed E-state index contributed by atoms with van der Waals surface area (Å²) in [5, 5.41) is 6.68. The summed E-state index contributed by atoms with van der Waals surface area (Å²) in [7, 11) is 0. The summed E-state index contributed by atoms with van der Waals surface area (Å²) in [6, 6.07) is 2.72. The normalized spacial score (nSPS) is 15.1. The first-order valence-corrected chi connectivity index (χ1v) is 9.58. The molecule has 168 valence electrons. The quantitative estimate of drug-likeness (QED) is 0.424. The molecule has 1 N–H and O–H groups in total. The van der Waals surface area contributed by atoms with Gasteiger partial charge in [-0.15, -0.1) is 0 Å². The SMILES string of the molecule is CC(C)C(NC(=O)/C=C/c1ccc(OC(F)F)cc1OC(F)F)c1nc(C2CC2)no1. The lowest BCUT2D eigenvalue weighted by atomic mass is 10.0. The molecule has 1 aromatic carbocycles. The molecule has 3 rings (SSSR count). The third kappa shape index (κ3) is 6.43. The van der Waals surface area contributed by atoms with Gasteiger partial charge in [0.05, 0.1) is 0 Å². The Kier molecular flexibility index (Phi) is 7.13. The number of ether oxygens (including phenoxy) is 2. The molecule has 0 radical (unpaired) electrons. The molecular formula is C20H21F4N3O4. The first kappa shape index (κ1) is 22.6. The largest absolute Gasteiger partial charge is 0.435 e. The van der Waals surface area contributed by atoms with E-state index in [-0.39, 0.29) is 23.1 Å². The van der Waals surface area contributed by atoms with Gasteiger partial charge >= 0.3 is 13.2 Å². The highest BCUT2D eigenvalue weighted by molar-refractivity contribution is 5.92. The molecule has 2 aromatic rings. The lowest BCUT2D eigenvalue weighted by molar-refractivity contribution is -0.117. The predicted molar refractivity (Wildman–Crippen MR) is 101 cm³/mol. The maximum Gasteiger partial charge on any atom is 0.387 e. The summed E-state index contributed by atoms with van der Waals surface area (Å²) in [4.78, 5) is 16.8. The number of carbonyl (C=O) groups is 1. The van der Waals surface area contributed by atoms with Crippen molar-refractivity contribution < 1.29 is 36.4 Å². The monoisotopic (exact) mass is 443 g/mol. The molecule has 1 aliphatic carbocycles. The van der Waals surface area contributed by atoms with Crippen LogP contribution in [0.2, 0.25) is 0 Å². The van der Waals surface area contributed by atoms with Crippen LogP contribution < -0.4 is 14.8 Å². The van der Waals surface area contributed by atoms with Gasteiger partial charge in [0.2, 0.25) is 11.8 Å². The van der Waals surface area contributed by atoms with Crippen molar-refractivity contribution in [1.82, 2.24) is 15.5 Å². The van der Waals surface area contributed by atoms with Gasteiger partial charge in [0, 0.05) is 23.6 Å². The predicted octanol–water partition coefficient (Wildman–Crippen LogP) is 4.68. The third-order valence-electron chi connectivity index (χ3n) is 4.47. The van der Waals surface area contributed by atoms with Gasteiger partial charge in [-0.05, 0) is 37.0 Å². The highest BCUT2D eigenvalue weighted by atomic mass is 19.3. The van der Waals surface area contributed by atoms with Crippen molar-refractivity contribution in [1.29, 1.82) is 0 Å². The molecule has 0 saturated heterocycles. The minimum atomic E-state index is -3.19. The number of halogens is 4. The third-order valence-corrected chi connectivity index (χ3v) is 4.47. The van der Waals surface area contributed by atoms with Crippen LogP contribution in [0.5, 0.6) is 11.5 Å². The molecule has 31 heavy (non-hydrogen) atoms. The van der Waals surface area contributed by atoms with Gasteiger partial charge in [0.15, 0.2) is 5.82 Å². The van der Waals surface area contributed by atoms with E-state index in [9.17, 15) is 22.4 Å². The van der Waals surface area contributed by atoms with Crippen LogP contribution in [0, 0.1) is 5.92 Å². The zero-order valence-corrected chi connectivity index (χ0v) is 16.7. The summed E-state index contributed by atoms with van der Waals surface area (Å²) < 4.78 is 63.8. The van der Waals surface area contributed by atoms with Crippen LogP contribution in [0.15, 0.2) is 28.8 Å². The molecule has 1 unspecified atom stereocenters. The van der Waals surface area contributed by atoms with Gasteiger partial charge in [-0.25, -0.2) is 0 Å². The van der Waals surface area contributed by atoms with Crippen LogP contribution in [0.1, 0.15) is 55.9 Å². The molecule has 7 nitrogen and oxygen atoms in total. The van der Waals surface area contributed by atoms with Crippen LogP contribution in [-0.4, -0.2) is 29.3 Å². The number of rotatable bonds is 10. The molecule has 1 amide bonds. The number of aromatic nitrogens is 2. The fraction of sp³-hybridized carbons (Fsp3) is 0.450. The summed E-state index contributed by atoms with van der Waals surface area (Å²) >= 11 is 0. The van der Waals surface area contributed by atoms with E-state index in [2.05, 4.69) is 24.9 Å². The van der Waals surface area contributed by atoms with Crippen molar-refractivity contribution in [3.63, 3.8) is 0 Å². The van der Waals surface area contributed by atoms with Gasteiger partial charge in [0.25, 0.3) is 0 Å². The fourth-order valence-corrected chi connectivity index (χ4v) is 2.79. The second-order valence-corrected chi connectivity index (χ2v) is 7.29. The number of hydrogen-bond donors (Lipinski definition) is 1. The van der Waals surface area contributed by atoms with Crippen molar-refractivity contribution in [2.75, 3.05) is 0 Å². The Hall–Kier alpha value is -3.11. The van der Waals surface area contributed by atoms with E-state index in [1.54, 1.807) is 0 Å². The Balaban J connectivity index is 1.72. The lowest BCUT2D eigenvalue weighted by Crippen LogP contribution is -2.30. The Morgan fingerprint density at radius 2 is 1.90 bits per heavy atom. The minimum Gasteiger partial charge on any atom is -0.435 e. The molecule has 1 heterocycles. The van der Waals surface area contributed by atoms with Crippen LogP contribution in [0.25, 0.3) is 6.08 Å². The van der Waals surface area contributed by atoms with Crippen LogP contribution >= 0.6 is 0 Å². The van der Waals surface area contributed by atoms with E-state index in [0.717, 1.165) is 31.1 Å².